The molecule has 4 aliphatic carbocycles. The number of carbonyl (C=O) groups excluding carboxylic acids is 2. The SMILES string of the molecule is Cc1c(CCOC(=O)CC23CC4CC(CC(C4)C2)C3)sc[n+]1CC(=O)c1ccc(Br)cc1.[Cl-]. The average molecular weight is 553 g/mol. The van der Waals surface area contributed by atoms with E-state index in [1.54, 1.807) is 11.3 Å². The van der Waals surface area contributed by atoms with Gasteiger partial charge < -0.3 is 17.1 Å². The second kappa shape index (κ2) is 10.2. The molecule has 6 rings (SSSR count). The Morgan fingerprint density at radius 2 is 1.70 bits per heavy atom. The zero-order valence-electron chi connectivity index (χ0n) is 19.0. The summed E-state index contributed by atoms with van der Waals surface area (Å²) in [5.41, 5.74) is 4.03. The van der Waals surface area contributed by atoms with Crippen molar-refractivity contribution in [2.24, 2.45) is 23.2 Å². The molecule has 4 aliphatic rings. The van der Waals surface area contributed by atoms with Crippen molar-refractivity contribution in [3.63, 3.8) is 0 Å². The number of nitrogens with zero attached hydrogens (tertiary/aromatic N) is 1. The number of benzene rings is 1. The molecule has 0 unspecified atom stereocenters. The van der Waals surface area contributed by atoms with Gasteiger partial charge in [-0.25, -0.2) is 0 Å². The molecule has 4 nitrogen and oxygen atoms in total. The van der Waals surface area contributed by atoms with Gasteiger partial charge in [-0.2, -0.15) is 4.57 Å². The maximum atomic E-state index is 12.7. The van der Waals surface area contributed by atoms with Crippen molar-refractivity contribution >= 4 is 39.0 Å². The van der Waals surface area contributed by atoms with Gasteiger partial charge in [-0.15, -0.1) is 0 Å². The van der Waals surface area contributed by atoms with E-state index in [2.05, 4.69) is 15.9 Å². The van der Waals surface area contributed by atoms with Gasteiger partial charge in [-0.1, -0.05) is 39.4 Å². The molecule has 4 fully saturated rings. The highest BCUT2D eigenvalue weighted by Crippen LogP contribution is 2.61. The van der Waals surface area contributed by atoms with Gasteiger partial charge in [0.05, 0.1) is 17.9 Å². The number of aromatic nitrogens is 1. The summed E-state index contributed by atoms with van der Waals surface area (Å²) < 4.78 is 8.67. The van der Waals surface area contributed by atoms with Crippen LogP contribution in [0.4, 0.5) is 0 Å². The lowest BCUT2D eigenvalue weighted by Crippen LogP contribution is -3.00. The zero-order valence-corrected chi connectivity index (χ0v) is 22.2. The van der Waals surface area contributed by atoms with Crippen LogP contribution >= 0.6 is 27.3 Å². The Bertz CT molecular complexity index is 984. The topological polar surface area (TPSA) is 47.2 Å². The molecule has 1 aromatic heterocycles. The summed E-state index contributed by atoms with van der Waals surface area (Å²) >= 11 is 5.04. The lowest BCUT2D eigenvalue weighted by atomic mass is 9.49. The molecule has 1 heterocycles. The Balaban J connectivity index is 0.00000259. The minimum Gasteiger partial charge on any atom is -1.00 e. The first-order chi connectivity index (χ1) is 15.4. The van der Waals surface area contributed by atoms with Gasteiger partial charge in [0.2, 0.25) is 17.8 Å². The highest BCUT2D eigenvalue weighted by molar-refractivity contribution is 9.10. The molecule has 0 aliphatic heterocycles. The first-order valence-electron chi connectivity index (χ1n) is 11.8. The highest BCUT2D eigenvalue weighted by Gasteiger charge is 2.51. The number of thiazole rings is 1. The van der Waals surface area contributed by atoms with Crippen LogP contribution < -0.4 is 17.0 Å². The highest BCUT2D eigenvalue weighted by atomic mass is 79.9. The number of ether oxygens (including phenoxy) is 1. The first kappa shape index (κ1) is 24.9. The van der Waals surface area contributed by atoms with Crippen LogP contribution in [0.1, 0.15) is 65.9 Å². The van der Waals surface area contributed by atoms with E-state index in [1.165, 1.54) is 43.4 Å². The third-order valence-corrected chi connectivity index (χ3v) is 9.59. The Kier molecular flexibility index (Phi) is 7.66. The van der Waals surface area contributed by atoms with Gasteiger partial charge in [0.1, 0.15) is 0 Å². The summed E-state index contributed by atoms with van der Waals surface area (Å²) in [6.07, 6.45) is 9.24. The molecule has 0 saturated heterocycles. The Hall–Kier alpha value is -1.24. The molecular formula is C26H31BrClNO3S. The maximum Gasteiger partial charge on any atom is 0.306 e. The normalized spacial score (nSPS) is 27.3. The number of hydrogen-bond donors (Lipinski definition) is 0. The van der Waals surface area contributed by atoms with E-state index >= 15 is 0 Å². The lowest BCUT2D eigenvalue weighted by molar-refractivity contribution is -0.684. The van der Waals surface area contributed by atoms with E-state index in [4.69, 9.17) is 4.74 Å². The molecule has 0 N–H and O–H groups in total. The fourth-order valence-corrected chi connectivity index (χ4v) is 8.09. The van der Waals surface area contributed by atoms with Crippen molar-refractivity contribution < 1.29 is 31.3 Å². The van der Waals surface area contributed by atoms with Gasteiger partial charge in [-0.05, 0) is 73.8 Å². The van der Waals surface area contributed by atoms with E-state index in [-0.39, 0.29) is 29.6 Å². The summed E-state index contributed by atoms with van der Waals surface area (Å²) in [5.74, 6) is 2.66. The van der Waals surface area contributed by atoms with Crippen LogP contribution in [0.3, 0.4) is 0 Å². The number of Topliss-reactive ketones (excluding diaryl/α,β-unsaturated/α-hetero) is 1. The quantitative estimate of drug-likeness (QED) is 0.287. The van der Waals surface area contributed by atoms with Crippen LogP contribution in [-0.2, 0) is 22.5 Å². The van der Waals surface area contributed by atoms with Crippen molar-refractivity contribution in [1.29, 1.82) is 0 Å². The standard InChI is InChI=1S/C26H31BrNO3S.ClH/c1-17-24(32-16-28(17)15-23(29)21-2-4-22(27)5-3-21)6-7-31-25(30)14-26-11-18-8-19(12-26)10-20(9-18)13-26;/h2-5,16,18-20H,6-15H2,1H3;1H/q+1;/p-1. The molecule has 4 saturated carbocycles. The molecular weight excluding hydrogens is 522 g/mol. The maximum absolute atomic E-state index is 12.7. The summed E-state index contributed by atoms with van der Waals surface area (Å²) in [5, 5.41) is 0. The fraction of sp³-hybridized carbons (Fsp3) is 0.577. The van der Waals surface area contributed by atoms with E-state index in [1.807, 2.05) is 41.3 Å². The number of hydrogen-bond acceptors (Lipinski definition) is 4. The van der Waals surface area contributed by atoms with Crippen LogP contribution in [0, 0.1) is 30.1 Å². The number of esters is 1. The Morgan fingerprint density at radius 3 is 2.30 bits per heavy atom. The lowest BCUT2D eigenvalue weighted by Gasteiger charge is -2.56. The minimum absolute atomic E-state index is 0. The van der Waals surface area contributed by atoms with E-state index in [0.717, 1.165) is 27.9 Å². The van der Waals surface area contributed by atoms with E-state index in [0.29, 0.717) is 31.6 Å². The molecule has 4 bridgehead atoms. The molecule has 33 heavy (non-hydrogen) atoms. The van der Waals surface area contributed by atoms with Crippen LogP contribution in [-0.4, -0.2) is 18.4 Å². The van der Waals surface area contributed by atoms with Gasteiger partial charge >= 0.3 is 5.97 Å². The van der Waals surface area contributed by atoms with Crippen LogP contribution in [0.2, 0.25) is 0 Å². The van der Waals surface area contributed by atoms with Crippen molar-refractivity contribution in [2.75, 3.05) is 6.61 Å². The Morgan fingerprint density at radius 1 is 1.09 bits per heavy atom. The predicted molar refractivity (Wildman–Crippen MR) is 128 cm³/mol. The van der Waals surface area contributed by atoms with Crippen LogP contribution in [0.15, 0.2) is 34.2 Å². The van der Waals surface area contributed by atoms with Crippen molar-refractivity contribution in [3.8, 4) is 0 Å². The smallest absolute Gasteiger partial charge is 0.306 e. The van der Waals surface area contributed by atoms with Gasteiger partial charge in [-0.3, -0.25) is 9.59 Å². The zero-order chi connectivity index (χ0) is 22.3. The molecule has 0 spiro atoms. The van der Waals surface area contributed by atoms with Gasteiger partial charge in [0.25, 0.3) is 0 Å². The third-order valence-electron chi connectivity index (χ3n) is 7.91. The second-order valence-electron chi connectivity index (χ2n) is 10.4. The van der Waals surface area contributed by atoms with E-state index in [9.17, 15) is 9.59 Å². The van der Waals surface area contributed by atoms with Gasteiger partial charge in [0, 0.05) is 23.4 Å². The first-order valence-corrected chi connectivity index (χ1v) is 13.5. The van der Waals surface area contributed by atoms with Crippen LogP contribution in [0.5, 0.6) is 0 Å². The fourth-order valence-electron chi connectivity index (χ4n) is 6.85. The summed E-state index contributed by atoms with van der Waals surface area (Å²) in [4.78, 5) is 26.4. The van der Waals surface area contributed by atoms with E-state index < -0.39 is 0 Å². The van der Waals surface area contributed by atoms with Gasteiger partial charge in [0.15, 0.2) is 5.69 Å². The number of rotatable bonds is 8. The summed E-state index contributed by atoms with van der Waals surface area (Å²) in [6.45, 7) is 2.79. The summed E-state index contributed by atoms with van der Waals surface area (Å²) in [7, 11) is 0. The molecule has 178 valence electrons. The summed E-state index contributed by atoms with van der Waals surface area (Å²) in [6, 6.07) is 7.47. The molecule has 2 aromatic rings. The Labute approximate surface area is 214 Å². The average Bonchev–Trinajstić information content (AvgIpc) is 3.06. The van der Waals surface area contributed by atoms with Crippen molar-refractivity contribution in [1.82, 2.24) is 0 Å². The van der Waals surface area contributed by atoms with Crippen LogP contribution in [0.25, 0.3) is 0 Å². The number of ketones is 1. The van der Waals surface area contributed by atoms with Crippen molar-refractivity contribution in [3.05, 3.63) is 50.4 Å². The molecule has 1 aromatic carbocycles. The number of carbonyl (C=O) groups is 2. The number of halogens is 2. The molecule has 7 heteroatoms. The predicted octanol–water partition coefficient (Wildman–Crippen LogP) is 2.69. The largest absolute Gasteiger partial charge is 1.00 e. The second-order valence-corrected chi connectivity index (χ2v) is 12.2. The van der Waals surface area contributed by atoms with Crippen molar-refractivity contribution in [2.45, 2.75) is 64.8 Å². The minimum atomic E-state index is -0.0144. The molecule has 0 amide bonds. The third kappa shape index (κ3) is 5.54. The monoisotopic (exact) mass is 551 g/mol. The molecule has 0 radical (unpaired) electrons. The molecule has 0 atom stereocenters.